The van der Waals surface area contributed by atoms with Gasteiger partial charge < -0.3 is 14.2 Å². The number of rotatable bonds is 5. The highest BCUT2D eigenvalue weighted by Gasteiger charge is 2.71. The SMILES string of the molecule is COCOC[C@@]1(C)C(=O)C(C#N)=C[C@]2(C)C3=CC(=O)C4C5CC(C)(C)CC[C@]5(C(=O)OC)CC[C@@]4(C)[C@]3(C)CC[C@@H]12. The molecule has 3 saturated carbocycles. The first-order valence-corrected chi connectivity index (χ1v) is 15.2. The number of fused-ring (bicyclic) bond motifs is 7. The Kier molecular flexibility index (Phi) is 7.07. The number of nitrogens with zero attached hydrogens (tertiary/aromatic N) is 1. The second kappa shape index (κ2) is 9.61. The van der Waals surface area contributed by atoms with Gasteiger partial charge in [-0.3, -0.25) is 14.4 Å². The van der Waals surface area contributed by atoms with Gasteiger partial charge in [-0.15, -0.1) is 0 Å². The van der Waals surface area contributed by atoms with Gasteiger partial charge in [0.1, 0.15) is 12.9 Å². The lowest BCUT2D eigenvalue weighted by Crippen LogP contribution is -2.66. The number of ketones is 2. The van der Waals surface area contributed by atoms with Crippen molar-refractivity contribution in [3.05, 3.63) is 23.3 Å². The van der Waals surface area contributed by atoms with Crippen LogP contribution in [0, 0.1) is 61.6 Å². The van der Waals surface area contributed by atoms with Crippen molar-refractivity contribution in [3.8, 4) is 6.07 Å². The number of methoxy groups -OCH3 is 2. The summed E-state index contributed by atoms with van der Waals surface area (Å²) in [6.45, 7) is 13.3. The fourth-order valence-corrected chi connectivity index (χ4v) is 10.5. The Labute approximate surface area is 245 Å². The molecule has 0 radical (unpaired) electrons. The number of nitriles is 1. The van der Waals surface area contributed by atoms with E-state index in [-0.39, 0.29) is 70.5 Å². The van der Waals surface area contributed by atoms with Gasteiger partial charge in [0.2, 0.25) is 0 Å². The summed E-state index contributed by atoms with van der Waals surface area (Å²) < 4.78 is 16.3. The lowest BCUT2D eigenvalue weighted by Gasteiger charge is -2.68. The van der Waals surface area contributed by atoms with Gasteiger partial charge in [0.15, 0.2) is 11.6 Å². The van der Waals surface area contributed by atoms with Gasteiger partial charge in [0.25, 0.3) is 0 Å². The summed E-state index contributed by atoms with van der Waals surface area (Å²) in [5.41, 5.74) is -1.72. The maximum Gasteiger partial charge on any atom is 0.312 e. The molecule has 7 heteroatoms. The zero-order valence-corrected chi connectivity index (χ0v) is 26.1. The summed E-state index contributed by atoms with van der Waals surface area (Å²) in [6.07, 6.45) is 9.28. The van der Waals surface area contributed by atoms with Crippen LogP contribution < -0.4 is 0 Å². The maximum atomic E-state index is 14.5. The van der Waals surface area contributed by atoms with Crippen LogP contribution in [0.2, 0.25) is 0 Å². The van der Waals surface area contributed by atoms with Gasteiger partial charge in [0.05, 0.1) is 30.1 Å². The van der Waals surface area contributed by atoms with E-state index >= 15 is 0 Å². The molecule has 5 rings (SSSR count). The molecule has 7 nitrogen and oxygen atoms in total. The van der Waals surface area contributed by atoms with Gasteiger partial charge in [-0.2, -0.15) is 5.26 Å². The van der Waals surface area contributed by atoms with Gasteiger partial charge in [-0.05, 0) is 86.0 Å². The molecule has 5 aliphatic carbocycles. The fourth-order valence-electron chi connectivity index (χ4n) is 10.5. The molecular formula is C34H47NO6. The first kappa shape index (κ1) is 30.2. The third kappa shape index (κ3) is 3.92. The molecule has 0 aliphatic heterocycles. The number of esters is 1. The minimum Gasteiger partial charge on any atom is -0.469 e. The second-order valence-corrected chi connectivity index (χ2v) is 15.4. The van der Waals surface area contributed by atoms with E-state index in [0.717, 1.165) is 44.1 Å². The monoisotopic (exact) mass is 565 g/mol. The fraction of sp³-hybridized carbons (Fsp3) is 0.765. The highest BCUT2D eigenvalue weighted by molar-refractivity contribution is 6.05. The first-order chi connectivity index (χ1) is 19.1. The summed E-state index contributed by atoms with van der Waals surface area (Å²) in [6, 6.07) is 2.17. The van der Waals surface area contributed by atoms with E-state index in [1.807, 2.05) is 19.1 Å². The van der Waals surface area contributed by atoms with Crippen molar-refractivity contribution in [2.24, 2.45) is 50.2 Å². The maximum absolute atomic E-state index is 14.5. The summed E-state index contributed by atoms with van der Waals surface area (Å²) in [7, 11) is 3.02. The molecule has 5 aliphatic rings. The van der Waals surface area contributed by atoms with Crippen molar-refractivity contribution in [3.63, 3.8) is 0 Å². The van der Waals surface area contributed by atoms with E-state index in [2.05, 4.69) is 40.7 Å². The van der Waals surface area contributed by atoms with Gasteiger partial charge in [-0.1, -0.05) is 46.3 Å². The van der Waals surface area contributed by atoms with E-state index in [1.54, 1.807) is 7.11 Å². The lowest BCUT2D eigenvalue weighted by molar-refractivity contribution is -0.191. The molecule has 0 aromatic rings. The highest BCUT2D eigenvalue weighted by Crippen LogP contribution is 2.74. The zero-order valence-electron chi connectivity index (χ0n) is 26.1. The quantitative estimate of drug-likeness (QED) is 0.230. The Hall–Kier alpha value is -2.30. The number of carbonyl (C=O) groups is 3. The van der Waals surface area contributed by atoms with Crippen LogP contribution in [-0.2, 0) is 28.6 Å². The second-order valence-electron chi connectivity index (χ2n) is 15.4. The standard InChI is InChI=1S/C34H47NO6/c1-29(2)11-13-34(28(38)40-8)14-12-33(6)26(22(34)17-29)23(36)15-25-30(3)16-21(18-35)27(37)31(4,19-41-20-39-7)24(30)9-10-32(25,33)5/h15-16,22,24,26H,9-14,17,19-20H2,1-8H3/t22?,24-,26?,30+,31-,32-,33-,34+/m1/s1. The van der Waals surface area contributed by atoms with E-state index in [1.165, 1.54) is 7.11 Å². The smallest absolute Gasteiger partial charge is 0.312 e. The number of carbonyl (C=O) groups excluding carboxylic acids is 3. The molecule has 224 valence electrons. The van der Waals surface area contributed by atoms with Crippen LogP contribution in [0.1, 0.15) is 86.5 Å². The van der Waals surface area contributed by atoms with Crippen LogP contribution in [0.25, 0.3) is 0 Å². The van der Waals surface area contributed by atoms with Crippen LogP contribution in [-0.4, -0.2) is 45.2 Å². The van der Waals surface area contributed by atoms with Crippen molar-refractivity contribution >= 4 is 17.5 Å². The van der Waals surface area contributed by atoms with Gasteiger partial charge in [-0.25, -0.2) is 0 Å². The zero-order chi connectivity index (χ0) is 30.2. The van der Waals surface area contributed by atoms with Crippen LogP contribution in [0.4, 0.5) is 0 Å². The Morgan fingerprint density at radius 3 is 2.34 bits per heavy atom. The average Bonchev–Trinajstić information content (AvgIpc) is 2.91. The molecular weight excluding hydrogens is 518 g/mol. The van der Waals surface area contributed by atoms with Crippen molar-refractivity contribution in [1.29, 1.82) is 5.26 Å². The molecule has 0 bridgehead atoms. The summed E-state index contributed by atoms with van der Waals surface area (Å²) in [4.78, 5) is 41.7. The molecule has 8 atom stereocenters. The van der Waals surface area contributed by atoms with Crippen molar-refractivity contribution in [2.45, 2.75) is 86.5 Å². The third-order valence-corrected chi connectivity index (χ3v) is 12.9. The molecule has 3 fully saturated rings. The molecule has 0 amide bonds. The van der Waals surface area contributed by atoms with Crippen molar-refractivity contribution in [1.82, 2.24) is 0 Å². The Morgan fingerprint density at radius 2 is 1.71 bits per heavy atom. The average molecular weight is 566 g/mol. The van der Waals surface area contributed by atoms with Gasteiger partial charge in [0, 0.05) is 18.4 Å². The van der Waals surface area contributed by atoms with Crippen LogP contribution in [0.5, 0.6) is 0 Å². The molecule has 0 aromatic heterocycles. The minimum absolute atomic E-state index is 0.0352. The summed E-state index contributed by atoms with van der Waals surface area (Å²) >= 11 is 0. The number of allylic oxidation sites excluding steroid dienone is 4. The largest absolute Gasteiger partial charge is 0.469 e. The number of hydrogen-bond donors (Lipinski definition) is 0. The minimum atomic E-state index is -0.921. The van der Waals surface area contributed by atoms with E-state index < -0.39 is 16.2 Å². The molecule has 0 spiro atoms. The third-order valence-electron chi connectivity index (χ3n) is 12.9. The number of hydrogen-bond acceptors (Lipinski definition) is 7. The summed E-state index contributed by atoms with van der Waals surface area (Å²) in [5.74, 6) is -0.781. The molecule has 0 aromatic carbocycles. The van der Waals surface area contributed by atoms with E-state index in [9.17, 15) is 19.6 Å². The van der Waals surface area contributed by atoms with Crippen LogP contribution in [0.15, 0.2) is 23.3 Å². The highest BCUT2D eigenvalue weighted by atomic mass is 16.7. The molecule has 41 heavy (non-hydrogen) atoms. The predicted octanol–water partition coefficient (Wildman–Crippen LogP) is 5.98. The topological polar surface area (TPSA) is 103 Å². The Bertz CT molecular complexity index is 1270. The van der Waals surface area contributed by atoms with Gasteiger partial charge >= 0.3 is 5.97 Å². The van der Waals surface area contributed by atoms with Crippen LogP contribution >= 0.6 is 0 Å². The molecule has 0 saturated heterocycles. The van der Waals surface area contributed by atoms with Crippen molar-refractivity contribution in [2.75, 3.05) is 27.6 Å². The Morgan fingerprint density at radius 1 is 1.02 bits per heavy atom. The predicted molar refractivity (Wildman–Crippen MR) is 153 cm³/mol. The summed E-state index contributed by atoms with van der Waals surface area (Å²) in [5, 5.41) is 10.1. The number of ether oxygens (including phenoxy) is 3. The molecule has 0 N–H and O–H groups in total. The van der Waals surface area contributed by atoms with Crippen LogP contribution in [0.3, 0.4) is 0 Å². The van der Waals surface area contributed by atoms with Crippen molar-refractivity contribution < 1.29 is 28.6 Å². The first-order valence-electron chi connectivity index (χ1n) is 15.2. The molecule has 0 heterocycles. The lowest BCUT2D eigenvalue weighted by atomic mass is 9.34. The normalized spacial score (nSPS) is 44.7. The van der Waals surface area contributed by atoms with E-state index in [0.29, 0.717) is 6.42 Å². The number of Topliss-reactive ketones (excluding diaryl/α,β-unsaturated/α-hetero) is 1. The molecule has 2 unspecified atom stereocenters. The van der Waals surface area contributed by atoms with E-state index in [4.69, 9.17) is 14.2 Å². The Balaban J connectivity index is 1.66.